The SMILES string of the molecule is NC(N)=NS(=O)(=O)c1ccc(NC(=O)CC[n+]2c(-c3ccccc3)cc(-c3ccccc3)cc2-c2ccccc2)cc1. The van der Waals surface area contributed by atoms with Crippen LogP contribution in [0.4, 0.5) is 5.69 Å². The van der Waals surface area contributed by atoms with Crippen molar-refractivity contribution in [1.29, 1.82) is 0 Å². The van der Waals surface area contributed by atoms with Crippen LogP contribution in [0.25, 0.3) is 33.6 Å². The summed E-state index contributed by atoms with van der Waals surface area (Å²) in [5, 5.41) is 2.86. The number of carbonyl (C=O) groups is 1. The first-order valence-corrected chi connectivity index (χ1v) is 14.7. The number of sulfonamides is 1. The number of hydrogen-bond donors (Lipinski definition) is 3. The zero-order valence-corrected chi connectivity index (χ0v) is 23.5. The molecule has 0 spiro atoms. The Hall–Kier alpha value is -5.28. The molecule has 0 saturated carbocycles. The van der Waals surface area contributed by atoms with Gasteiger partial charge < -0.3 is 16.8 Å². The average Bonchev–Trinajstić information content (AvgIpc) is 3.00. The van der Waals surface area contributed by atoms with E-state index in [4.69, 9.17) is 11.5 Å². The van der Waals surface area contributed by atoms with Gasteiger partial charge in [0.25, 0.3) is 10.0 Å². The summed E-state index contributed by atoms with van der Waals surface area (Å²) in [6.07, 6.45) is 0.184. The molecule has 0 fully saturated rings. The highest BCUT2D eigenvalue weighted by Gasteiger charge is 2.23. The number of nitrogens with two attached hydrogens (primary N) is 2. The molecule has 0 aliphatic rings. The summed E-state index contributed by atoms with van der Waals surface area (Å²) in [6, 6.07) is 40.4. The third-order valence-electron chi connectivity index (χ3n) is 6.64. The topological polar surface area (TPSA) is 132 Å². The third kappa shape index (κ3) is 6.71. The zero-order chi connectivity index (χ0) is 29.5. The number of anilines is 1. The van der Waals surface area contributed by atoms with Gasteiger partial charge in [0, 0.05) is 28.9 Å². The van der Waals surface area contributed by atoms with E-state index in [-0.39, 0.29) is 17.2 Å². The van der Waals surface area contributed by atoms with E-state index < -0.39 is 16.0 Å². The second-order valence-corrected chi connectivity index (χ2v) is 11.2. The summed E-state index contributed by atoms with van der Waals surface area (Å²) < 4.78 is 29.9. The summed E-state index contributed by atoms with van der Waals surface area (Å²) in [4.78, 5) is 13.0. The van der Waals surface area contributed by atoms with Gasteiger partial charge >= 0.3 is 0 Å². The number of rotatable bonds is 9. The van der Waals surface area contributed by atoms with Crippen LogP contribution < -0.4 is 21.4 Å². The van der Waals surface area contributed by atoms with E-state index in [1.807, 2.05) is 54.6 Å². The molecule has 1 amide bonds. The standard InChI is InChI=1S/C33H29N5O3S/c34-33(35)37-42(40,41)29-18-16-28(17-19-29)36-32(39)20-21-38-30(25-12-6-2-7-13-25)22-27(24-10-4-1-5-11-24)23-31(38)26-14-8-3-9-15-26/h1-19,22-23H,20-21H2,(H4-,34,35,36,37,39)/p+1. The molecule has 1 aromatic heterocycles. The minimum Gasteiger partial charge on any atom is -0.369 e. The summed E-state index contributed by atoms with van der Waals surface area (Å²) in [7, 11) is -4.02. The van der Waals surface area contributed by atoms with Crippen molar-refractivity contribution in [2.24, 2.45) is 15.9 Å². The highest BCUT2D eigenvalue weighted by molar-refractivity contribution is 7.90. The van der Waals surface area contributed by atoms with Crippen molar-refractivity contribution >= 4 is 27.6 Å². The van der Waals surface area contributed by atoms with Crippen LogP contribution in [0.5, 0.6) is 0 Å². The van der Waals surface area contributed by atoms with Crippen LogP contribution in [0.2, 0.25) is 0 Å². The summed E-state index contributed by atoms with van der Waals surface area (Å²) >= 11 is 0. The Morgan fingerprint density at radius 1 is 0.667 bits per heavy atom. The van der Waals surface area contributed by atoms with Crippen molar-refractivity contribution in [3.63, 3.8) is 0 Å². The predicted molar refractivity (Wildman–Crippen MR) is 166 cm³/mol. The molecule has 0 saturated heterocycles. The average molecular weight is 577 g/mol. The minimum atomic E-state index is -4.02. The predicted octanol–water partition coefficient (Wildman–Crippen LogP) is 4.97. The Morgan fingerprint density at radius 2 is 1.14 bits per heavy atom. The molecule has 5 aromatic rings. The van der Waals surface area contributed by atoms with Gasteiger partial charge in [0.05, 0.1) is 11.3 Å². The van der Waals surface area contributed by atoms with Crippen LogP contribution >= 0.6 is 0 Å². The molecule has 9 heteroatoms. The van der Waals surface area contributed by atoms with Crippen LogP contribution in [0.1, 0.15) is 6.42 Å². The van der Waals surface area contributed by atoms with E-state index in [9.17, 15) is 13.2 Å². The van der Waals surface area contributed by atoms with Crippen LogP contribution in [0.15, 0.2) is 137 Å². The highest BCUT2D eigenvalue weighted by atomic mass is 32.2. The first-order valence-electron chi connectivity index (χ1n) is 13.3. The molecule has 0 bridgehead atoms. The monoisotopic (exact) mass is 576 g/mol. The molecule has 5 N–H and O–H groups in total. The second-order valence-electron chi connectivity index (χ2n) is 9.58. The number of carbonyl (C=O) groups excluding carboxylic acids is 1. The van der Waals surface area contributed by atoms with Gasteiger partial charge in [0.15, 0.2) is 6.54 Å². The van der Waals surface area contributed by atoms with Crippen molar-refractivity contribution in [3.05, 3.63) is 127 Å². The molecule has 1 heterocycles. The molecule has 0 aliphatic carbocycles. The fraction of sp³-hybridized carbons (Fsp3) is 0.0606. The summed E-state index contributed by atoms with van der Waals surface area (Å²) in [5.41, 5.74) is 17.1. The van der Waals surface area contributed by atoms with Crippen molar-refractivity contribution in [1.82, 2.24) is 0 Å². The molecule has 8 nitrogen and oxygen atoms in total. The summed E-state index contributed by atoms with van der Waals surface area (Å²) in [5.74, 6) is -0.765. The number of pyridine rings is 1. The van der Waals surface area contributed by atoms with Gasteiger partial charge in [0.1, 0.15) is 0 Å². The van der Waals surface area contributed by atoms with Crippen molar-refractivity contribution in [3.8, 4) is 33.6 Å². The second kappa shape index (κ2) is 12.5. The Bertz CT molecular complexity index is 1760. The van der Waals surface area contributed by atoms with E-state index >= 15 is 0 Å². The maximum Gasteiger partial charge on any atom is 0.285 e. The number of amides is 1. The van der Waals surface area contributed by atoms with Gasteiger partial charge in [-0.25, -0.2) is 0 Å². The Balaban J connectivity index is 1.47. The Labute approximate surface area is 245 Å². The number of benzene rings is 4. The van der Waals surface area contributed by atoms with Gasteiger partial charge in [-0.15, -0.1) is 4.40 Å². The molecule has 4 aromatic carbocycles. The Kier molecular flexibility index (Phi) is 8.40. The first-order chi connectivity index (χ1) is 20.3. The molecule has 42 heavy (non-hydrogen) atoms. The Morgan fingerprint density at radius 3 is 1.62 bits per heavy atom. The fourth-order valence-corrected chi connectivity index (χ4v) is 5.56. The van der Waals surface area contributed by atoms with Gasteiger partial charge in [-0.2, -0.15) is 13.0 Å². The van der Waals surface area contributed by atoms with E-state index in [2.05, 4.69) is 62.8 Å². The van der Waals surface area contributed by atoms with E-state index in [1.54, 1.807) is 0 Å². The van der Waals surface area contributed by atoms with Gasteiger partial charge in [0.2, 0.25) is 23.3 Å². The largest absolute Gasteiger partial charge is 0.369 e. The molecule has 0 atom stereocenters. The number of nitrogens with zero attached hydrogens (tertiary/aromatic N) is 2. The molecule has 210 valence electrons. The lowest BCUT2D eigenvalue weighted by Gasteiger charge is -2.13. The lowest BCUT2D eigenvalue weighted by molar-refractivity contribution is -0.674. The van der Waals surface area contributed by atoms with E-state index in [0.717, 1.165) is 33.6 Å². The number of hydrogen-bond acceptors (Lipinski definition) is 3. The van der Waals surface area contributed by atoms with Crippen LogP contribution in [0, 0.1) is 0 Å². The van der Waals surface area contributed by atoms with Gasteiger partial charge in [-0.3, -0.25) is 4.79 Å². The lowest BCUT2D eigenvalue weighted by atomic mass is 9.99. The van der Waals surface area contributed by atoms with Crippen LogP contribution in [-0.4, -0.2) is 20.3 Å². The molecule has 0 unspecified atom stereocenters. The minimum absolute atomic E-state index is 0.0806. The van der Waals surface area contributed by atoms with Crippen LogP contribution in [0.3, 0.4) is 0 Å². The van der Waals surface area contributed by atoms with Gasteiger partial charge in [-0.05, 0) is 59.7 Å². The molecular weight excluding hydrogens is 546 g/mol. The van der Waals surface area contributed by atoms with Crippen molar-refractivity contribution < 1.29 is 17.8 Å². The number of guanidine groups is 1. The smallest absolute Gasteiger partial charge is 0.285 e. The maximum atomic E-state index is 13.1. The van der Waals surface area contributed by atoms with Crippen molar-refractivity contribution in [2.45, 2.75) is 17.9 Å². The number of nitrogens with one attached hydrogen (secondary N) is 1. The molecule has 0 aliphatic heterocycles. The fourth-order valence-electron chi connectivity index (χ4n) is 4.69. The third-order valence-corrected chi connectivity index (χ3v) is 7.96. The molecule has 0 radical (unpaired) electrons. The lowest BCUT2D eigenvalue weighted by Crippen LogP contribution is -2.40. The maximum absolute atomic E-state index is 13.1. The van der Waals surface area contributed by atoms with Crippen molar-refractivity contribution in [2.75, 3.05) is 5.32 Å². The van der Waals surface area contributed by atoms with E-state index in [0.29, 0.717) is 12.2 Å². The van der Waals surface area contributed by atoms with E-state index in [1.165, 1.54) is 24.3 Å². The quantitative estimate of drug-likeness (QED) is 0.130. The van der Waals surface area contributed by atoms with Gasteiger partial charge in [-0.1, -0.05) is 66.7 Å². The van der Waals surface area contributed by atoms with Crippen LogP contribution in [-0.2, 0) is 21.4 Å². The molecule has 5 rings (SSSR count). The summed E-state index contributed by atoms with van der Waals surface area (Å²) in [6.45, 7) is 0.409. The number of aromatic nitrogens is 1. The first kappa shape index (κ1) is 28.3. The molecular formula is C33H30N5O3S+. The normalized spacial score (nSPS) is 11.0. The zero-order valence-electron chi connectivity index (χ0n) is 22.7. The highest BCUT2D eigenvalue weighted by Crippen LogP contribution is 2.29.